The quantitative estimate of drug-likeness (QED) is 0.849. The molecule has 0 unspecified atom stereocenters. The minimum Gasteiger partial charge on any atom is -0.378 e. The molecule has 118 valence electrons. The van der Waals surface area contributed by atoms with Gasteiger partial charge in [0.1, 0.15) is 5.82 Å². The van der Waals surface area contributed by atoms with Crippen LogP contribution < -0.4 is 5.32 Å². The number of benzene rings is 1. The van der Waals surface area contributed by atoms with Crippen molar-refractivity contribution in [1.29, 1.82) is 0 Å². The van der Waals surface area contributed by atoms with Gasteiger partial charge in [0.05, 0.1) is 6.54 Å². The zero-order valence-corrected chi connectivity index (χ0v) is 12.4. The largest absolute Gasteiger partial charge is 0.378 e. The molecule has 6 nitrogen and oxygen atoms in total. The Morgan fingerprint density at radius 2 is 2.23 bits per heavy atom. The van der Waals surface area contributed by atoms with Crippen LogP contribution in [0.4, 0.5) is 4.39 Å². The van der Waals surface area contributed by atoms with E-state index in [-0.39, 0.29) is 18.0 Å². The van der Waals surface area contributed by atoms with Crippen molar-refractivity contribution in [2.45, 2.75) is 32.9 Å². The number of halogens is 1. The summed E-state index contributed by atoms with van der Waals surface area (Å²) >= 11 is 0. The van der Waals surface area contributed by atoms with Crippen molar-refractivity contribution in [3.05, 3.63) is 47.4 Å². The number of carbonyl (C=O) groups excluding carboxylic acids is 1. The number of rotatable bonds is 6. The van der Waals surface area contributed by atoms with Gasteiger partial charge >= 0.3 is 0 Å². The van der Waals surface area contributed by atoms with Gasteiger partial charge in [-0.15, -0.1) is 0 Å². The fourth-order valence-electron chi connectivity index (χ4n) is 1.90. The molecule has 0 aliphatic rings. The molecular formula is C15H18FN3O3. The van der Waals surface area contributed by atoms with Crippen LogP contribution in [0.25, 0.3) is 0 Å². The van der Waals surface area contributed by atoms with E-state index in [9.17, 15) is 14.3 Å². The van der Waals surface area contributed by atoms with E-state index in [1.165, 1.54) is 18.2 Å². The van der Waals surface area contributed by atoms with Gasteiger partial charge in [-0.1, -0.05) is 31.1 Å². The molecule has 0 aliphatic heterocycles. The number of carbonyl (C=O) groups is 1. The summed E-state index contributed by atoms with van der Waals surface area (Å²) in [6.45, 7) is 4.08. The number of hydrogen-bond acceptors (Lipinski definition) is 5. The van der Waals surface area contributed by atoms with E-state index in [1.807, 2.05) is 13.8 Å². The lowest BCUT2D eigenvalue weighted by Gasteiger charge is -2.10. The lowest BCUT2D eigenvalue weighted by atomic mass is 10.1. The van der Waals surface area contributed by atoms with Crippen molar-refractivity contribution >= 4 is 5.91 Å². The highest BCUT2D eigenvalue weighted by atomic mass is 19.1. The third kappa shape index (κ3) is 4.36. The number of nitrogens with zero attached hydrogens (tertiary/aromatic N) is 2. The summed E-state index contributed by atoms with van der Waals surface area (Å²) in [6.07, 6.45) is -0.766. The fourth-order valence-corrected chi connectivity index (χ4v) is 1.90. The molecule has 7 heteroatoms. The summed E-state index contributed by atoms with van der Waals surface area (Å²) in [5, 5.41) is 16.1. The molecule has 2 aromatic rings. The smallest absolute Gasteiger partial charge is 0.253 e. The normalized spacial score (nSPS) is 12.4. The van der Waals surface area contributed by atoms with Crippen molar-refractivity contribution in [2.75, 3.05) is 0 Å². The van der Waals surface area contributed by atoms with E-state index in [1.54, 1.807) is 0 Å². The number of nitrogens with one attached hydrogen (secondary N) is 1. The standard InChI is InChI=1S/C15H18FN3O3/c1-9(2)6-12-18-13(22-19-12)8-17-15(21)14(20)10-4-3-5-11(16)7-10/h3-5,7,9,14,20H,6,8H2,1-2H3,(H,17,21)/t14-/m0/s1. The Hall–Kier alpha value is -2.28. The van der Waals surface area contributed by atoms with Crippen LogP contribution in [0.5, 0.6) is 0 Å². The molecule has 0 radical (unpaired) electrons. The first kappa shape index (κ1) is 16.1. The van der Waals surface area contributed by atoms with Crippen LogP contribution in [0, 0.1) is 11.7 Å². The molecule has 0 fully saturated rings. The number of aromatic nitrogens is 2. The van der Waals surface area contributed by atoms with Gasteiger partial charge in [0, 0.05) is 6.42 Å². The number of hydrogen-bond donors (Lipinski definition) is 2. The second-order valence-corrected chi connectivity index (χ2v) is 5.38. The minimum absolute atomic E-state index is 0.0102. The lowest BCUT2D eigenvalue weighted by molar-refractivity contribution is -0.129. The summed E-state index contributed by atoms with van der Waals surface area (Å²) in [7, 11) is 0. The Balaban J connectivity index is 1.90. The van der Waals surface area contributed by atoms with Crippen molar-refractivity contribution in [3.8, 4) is 0 Å². The Labute approximate surface area is 127 Å². The van der Waals surface area contributed by atoms with E-state index in [2.05, 4.69) is 15.5 Å². The molecule has 0 spiro atoms. The molecular weight excluding hydrogens is 289 g/mol. The summed E-state index contributed by atoms with van der Waals surface area (Å²) in [4.78, 5) is 16.0. The summed E-state index contributed by atoms with van der Waals surface area (Å²) < 4.78 is 18.1. The SMILES string of the molecule is CC(C)Cc1noc(CNC(=O)[C@@H](O)c2cccc(F)c2)n1. The molecule has 2 N–H and O–H groups in total. The first-order valence-corrected chi connectivity index (χ1v) is 6.98. The third-order valence-electron chi connectivity index (χ3n) is 2.93. The highest BCUT2D eigenvalue weighted by Crippen LogP contribution is 2.14. The van der Waals surface area contributed by atoms with Crippen molar-refractivity contribution < 1.29 is 18.8 Å². The molecule has 1 atom stereocenters. The molecule has 0 saturated heterocycles. The minimum atomic E-state index is -1.45. The van der Waals surface area contributed by atoms with Crippen LogP contribution in [0.3, 0.4) is 0 Å². The maximum Gasteiger partial charge on any atom is 0.253 e. The maximum absolute atomic E-state index is 13.1. The Morgan fingerprint density at radius 3 is 2.91 bits per heavy atom. The molecule has 1 amide bonds. The zero-order valence-electron chi connectivity index (χ0n) is 12.4. The molecule has 0 bridgehead atoms. The predicted octanol–water partition coefficient (Wildman–Crippen LogP) is 1.76. The van der Waals surface area contributed by atoms with E-state index in [0.717, 1.165) is 6.07 Å². The zero-order chi connectivity index (χ0) is 16.1. The fraction of sp³-hybridized carbons (Fsp3) is 0.400. The third-order valence-corrected chi connectivity index (χ3v) is 2.93. The van der Waals surface area contributed by atoms with E-state index in [0.29, 0.717) is 18.2 Å². The van der Waals surface area contributed by atoms with Crippen LogP contribution in [-0.4, -0.2) is 21.2 Å². The van der Waals surface area contributed by atoms with Gasteiger partial charge in [0.2, 0.25) is 5.89 Å². The molecule has 0 aliphatic carbocycles. The number of aliphatic hydroxyl groups is 1. The summed E-state index contributed by atoms with van der Waals surface area (Å²) in [6, 6.07) is 5.25. The van der Waals surface area contributed by atoms with Gasteiger partial charge in [0.15, 0.2) is 11.9 Å². The summed E-state index contributed by atoms with van der Waals surface area (Å²) in [5.74, 6) is 0.0593. The van der Waals surface area contributed by atoms with Crippen LogP contribution in [0.15, 0.2) is 28.8 Å². The van der Waals surface area contributed by atoms with E-state index < -0.39 is 17.8 Å². The summed E-state index contributed by atoms with van der Waals surface area (Å²) in [5.41, 5.74) is 0.184. The van der Waals surface area contributed by atoms with Crippen molar-refractivity contribution in [2.24, 2.45) is 5.92 Å². The number of aliphatic hydroxyl groups excluding tert-OH is 1. The molecule has 2 rings (SSSR count). The van der Waals surface area contributed by atoms with Crippen LogP contribution in [0.2, 0.25) is 0 Å². The molecule has 1 aromatic heterocycles. The maximum atomic E-state index is 13.1. The Morgan fingerprint density at radius 1 is 1.45 bits per heavy atom. The average molecular weight is 307 g/mol. The lowest BCUT2D eigenvalue weighted by Crippen LogP contribution is -2.29. The Kier molecular flexibility index (Phi) is 5.21. The topological polar surface area (TPSA) is 88.2 Å². The Bertz CT molecular complexity index is 642. The molecule has 1 heterocycles. The highest BCUT2D eigenvalue weighted by molar-refractivity contribution is 5.81. The number of amides is 1. The molecule has 1 aromatic carbocycles. The van der Waals surface area contributed by atoms with Gasteiger partial charge in [-0.05, 0) is 23.6 Å². The molecule has 0 saturated carbocycles. The first-order valence-electron chi connectivity index (χ1n) is 6.98. The monoisotopic (exact) mass is 307 g/mol. The van der Waals surface area contributed by atoms with Gasteiger partial charge < -0.3 is 14.9 Å². The van der Waals surface area contributed by atoms with Gasteiger partial charge in [-0.3, -0.25) is 4.79 Å². The first-order chi connectivity index (χ1) is 10.5. The average Bonchev–Trinajstić information content (AvgIpc) is 2.90. The van der Waals surface area contributed by atoms with E-state index >= 15 is 0 Å². The van der Waals surface area contributed by atoms with Crippen LogP contribution in [0.1, 0.15) is 37.2 Å². The second kappa shape index (κ2) is 7.13. The van der Waals surface area contributed by atoms with Crippen molar-refractivity contribution in [3.63, 3.8) is 0 Å². The van der Waals surface area contributed by atoms with Gasteiger partial charge in [-0.2, -0.15) is 4.98 Å². The van der Waals surface area contributed by atoms with Gasteiger partial charge in [-0.25, -0.2) is 4.39 Å². The second-order valence-electron chi connectivity index (χ2n) is 5.38. The van der Waals surface area contributed by atoms with E-state index in [4.69, 9.17) is 4.52 Å². The van der Waals surface area contributed by atoms with Crippen LogP contribution >= 0.6 is 0 Å². The molecule has 22 heavy (non-hydrogen) atoms. The predicted molar refractivity (Wildman–Crippen MR) is 76.0 cm³/mol. The van der Waals surface area contributed by atoms with Crippen LogP contribution in [-0.2, 0) is 17.8 Å². The highest BCUT2D eigenvalue weighted by Gasteiger charge is 2.18. The van der Waals surface area contributed by atoms with Crippen molar-refractivity contribution in [1.82, 2.24) is 15.5 Å². The van der Waals surface area contributed by atoms with Gasteiger partial charge in [0.25, 0.3) is 5.91 Å².